The van der Waals surface area contributed by atoms with Gasteiger partial charge in [-0.2, -0.15) is 0 Å². The topological polar surface area (TPSA) is 21.3 Å². The molecule has 0 aliphatic heterocycles. The first-order chi connectivity index (χ1) is 6.65. The third-order valence-electron chi connectivity index (χ3n) is 2.29. The molecular formula is C12H19NO. The Balaban J connectivity index is 2.75. The monoisotopic (exact) mass is 193 g/mol. The summed E-state index contributed by atoms with van der Waals surface area (Å²) in [4.78, 5) is 0. The molecule has 0 heterocycles. The molecule has 0 amide bonds. The minimum atomic E-state index is 0.347. The zero-order chi connectivity index (χ0) is 10.6. The van der Waals surface area contributed by atoms with Gasteiger partial charge in [-0.15, -0.1) is 0 Å². The molecule has 0 fully saturated rings. The Morgan fingerprint density at radius 2 is 1.86 bits per heavy atom. The van der Waals surface area contributed by atoms with Crippen molar-refractivity contribution in [3.05, 3.63) is 29.3 Å². The maximum atomic E-state index is 5.09. The van der Waals surface area contributed by atoms with Crippen molar-refractivity contribution in [3.63, 3.8) is 0 Å². The lowest BCUT2D eigenvalue weighted by Gasteiger charge is -2.18. The lowest BCUT2D eigenvalue weighted by atomic mass is 10.1. The number of rotatable bonds is 4. The highest BCUT2D eigenvalue weighted by Crippen LogP contribution is 2.20. The molecule has 0 radical (unpaired) electrons. The normalized spacial score (nSPS) is 12.6. The number of hydrogen-bond acceptors (Lipinski definition) is 2. The molecule has 0 saturated carbocycles. The first-order valence-corrected chi connectivity index (χ1v) is 4.97. The molecule has 0 aliphatic rings. The summed E-state index contributed by atoms with van der Waals surface area (Å²) >= 11 is 0. The van der Waals surface area contributed by atoms with E-state index in [0.717, 1.165) is 6.61 Å². The van der Waals surface area contributed by atoms with Crippen molar-refractivity contribution < 1.29 is 4.74 Å². The second-order valence-corrected chi connectivity index (χ2v) is 3.77. The molecule has 14 heavy (non-hydrogen) atoms. The molecule has 1 aromatic carbocycles. The van der Waals surface area contributed by atoms with E-state index in [1.807, 2.05) is 0 Å². The fourth-order valence-corrected chi connectivity index (χ4v) is 1.58. The summed E-state index contributed by atoms with van der Waals surface area (Å²) < 4.78 is 5.09. The Kier molecular flexibility index (Phi) is 3.96. The second kappa shape index (κ2) is 5.01. The van der Waals surface area contributed by atoms with Gasteiger partial charge in [0.2, 0.25) is 0 Å². The quantitative estimate of drug-likeness (QED) is 0.794. The van der Waals surface area contributed by atoms with Crippen LogP contribution in [0.3, 0.4) is 0 Å². The van der Waals surface area contributed by atoms with Crippen molar-refractivity contribution in [3.8, 4) is 0 Å². The smallest absolute Gasteiger partial charge is 0.0661 e. The molecule has 2 nitrogen and oxygen atoms in total. The maximum Gasteiger partial charge on any atom is 0.0661 e. The Morgan fingerprint density at radius 3 is 2.36 bits per heavy atom. The van der Waals surface area contributed by atoms with Crippen LogP contribution in [0, 0.1) is 13.8 Å². The van der Waals surface area contributed by atoms with Crippen LogP contribution < -0.4 is 5.32 Å². The van der Waals surface area contributed by atoms with E-state index in [2.05, 4.69) is 44.3 Å². The van der Waals surface area contributed by atoms with Gasteiger partial charge in [-0.25, -0.2) is 0 Å². The molecule has 78 valence electrons. The fraction of sp³-hybridized carbons (Fsp3) is 0.500. The standard InChI is InChI=1S/C12H19NO/c1-9-6-5-7-10(2)12(9)13-11(3)8-14-4/h5-7,11,13H,8H2,1-4H3. The molecule has 1 unspecified atom stereocenters. The van der Waals surface area contributed by atoms with Gasteiger partial charge in [-0.05, 0) is 31.9 Å². The van der Waals surface area contributed by atoms with Crippen LogP contribution in [0.25, 0.3) is 0 Å². The predicted octanol–water partition coefficient (Wildman–Crippen LogP) is 2.75. The fourth-order valence-electron chi connectivity index (χ4n) is 1.58. The van der Waals surface area contributed by atoms with Gasteiger partial charge in [0.1, 0.15) is 0 Å². The first kappa shape index (κ1) is 11.1. The van der Waals surface area contributed by atoms with E-state index in [9.17, 15) is 0 Å². The van der Waals surface area contributed by atoms with Crippen molar-refractivity contribution in [1.82, 2.24) is 0 Å². The van der Waals surface area contributed by atoms with Crippen LogP contribution >= 0.6 is 0 Å². The number of nitrogens with one attached hydrogen (secondary N) is 1. The average Bonchev–Trinajstić information content (AvgIpc) is 2.12. The highest BCUT2D eigenvalue weighted by atomic mass is 16.5. The van der Waals surface area contributed by atoms with Gasteiger partial charge in [0, 0.05) is 18.8 Å². The van der Waals surface area contributed by atoms with Crippen LogP contribution in [0.4, 0.5) is 5.69 Å². The van der Waals surface area contributed by atoms with Gasteiger partial charge in [-0.3, -0.25) is 0 Å². The number of methoxy groups -OCH3 is 1. The highest BCUT2D eigenvalue weighted by molar-refractivity contribution is 5.57. The molecule has 0 saturated heterocycles. The van der Waals surface area contributed by atoms with Crippen LogP contribution in [0.5, 0.6) is 0 Å². The van der Waals surface area contributed by atoms with Crippen molar-refractivity contribution in [2.45, 2.75) is 26.8 Å². The highest BCUT2D eigenvalue weighted by Gasteiger charge is 2.05. The van der Waals surface area contributed by atoms with Gasteiger partial charge in [0.25, 0.3) is 0 Å². The predicted molar refractivity (Wildman–Crippen MR) is 60.9 cm³/mol. The Bertz CT molecular complexity index is 276. The molecule has 1 aromatic rings. The zero-order valence-corrected chi connectivity index (χ0v) is 9.42. The molecular weight excluding hydrogens is 174 g/mol. The van der Waals surface area contributed by atoms with Gasteiger partial charge >= 0.3 is 0 Å². The van der Waals surface area contributed by atoms with Gasteiger partial charge < -0.3 is 10.1 Å². The van der Waals surface area contributed by atoms with Gasteiger partial charge in [0.05, 0.1) is 6.61 Å². The van der Waals surface area contributed by atoms with E-state index < -0.39 is 0 Å². The lowest BCUT2D eigenvalue weighted by Crippen LogP contribution is -2.21. The summed E-state index contributed by atoms with van der Waals surface area (Å²) in [5.74, 6) is 0. The van der Waals surface area contributed by atoms with E-state index in [1.54, 1.807) is 7.11 Å². The maximum absolute atomic E-state index is 5.09. The number of para-hydroxylation sites is 1. The van der Waals surface area contributed by atoms with Crippen LogP contribution in [0.2, 0.25) is 0 Å². The van der Waals surface area contributed by atoms with Crippen molar-refractivity contribution in [1.29, 1.82) is 0 Å². The number of ether oxygens (including phenoxy) is 1. The van der Waals surface area contributed by atoms with Crippen molar-refractivity contribution in [2.24, 2.45) is 0 Å². The van der Waals surface area contributed by atoms with E-state index in [4.69, 9.17) is 4.74 Å². The molecule has 0 aromatic heterocycles. The number of aryl methyl sites for hydroxylation is 2. The minimum Gasteiger partial charge on any atom is -0.383 e. The molecule has 0 spiro atoms. The summed E-state index contributed by atoms with van der Waals surface area (Å²) in [7, 11) is 1.73. The summed E-state index contributed by atoms with van der Waals surface area (Å²) in [5, 5.41) is 3.45. The molecule has 0 bridgehead atoms. The van der Waals surface area contributed by atoms with E-state index in [0.29, 0.717) is 6.04 Å². The van der Waals surface area contributed by atoms with E-state index in [1.165, 1.54) is 16.8 Å². The second-order valence-electron chi connectivity index (χ2n) is 3.77. The minimum absolute atomic E-state index is 0.347. The zero-order valence-electron chi connectivity index (χ0n) is 9.42. The van der Waals surface area contributed by atoms with E-state index in [-0.39, 0.29) is 0 Å². The summed E-state index contributed by atoms with van der Waals surface area (Å²) in [6.07, 6.45) is 0. The SMILES string of the molecule is COCC(C)Nc1c(C)cccc1C. The number of anilines is 1. The number of benzene rings is 1. The van der Waals surface area contributed by atoms with Crippen LogP contribution in [0.1, 0.15) is 18.1 Å². The molecule has 2 heteroatoms. The van der Waals surface area contributed by atoms with Gasteiger partial charge in [0.15, 0.2) is 0 Å². The third-order valence-corrected chi connectivity index (χ3v) is 2.29. The Labute approximate surface area is 86.3 Å². The van der Waals surface area contributed by atoms with Crippen molar-refractivity contribution in [2.75, 3.05) is 19.0 Å². The average molecular weight is 193 g/mol. The molecule has 1 rings (SSSR count). The summed E-state index contributed by atoms with van der Waals surface area (Å²) in [5.41, 5.74) is 3.80. The van der Waals surface area contributed by atoms with Gasteiger partial charge in [-0.1, -0.05) is 18.2 Å². The Hall–Kier alpha value is -1.02. The largest absolute Gasteiger partial charge is 0.383 e. The third kappa shape index (κ3) is 2.74. The molecule has 0 aliphatic carbocycles. The van der Waals surface area contributed by atoms with Crippen molar-refractivity contribution >= 4 is 5.69 Å². The number of hydrogen-bond donors (Lipinski definition) is 1. The summed E-state index contributed by atoms with van der Waals surface area (Å²) in [6.45, 7) is 7.09. The van der Waals surface area contributed by atoms with Crippen LogP contribution in [-0.4, -0.2) is 19.8 Å². The summed E-state index contributed by atoms with van der Waals surface area (Å²) in [6, 6.07) is 6.67. The van der Waals surface area contributed by atoms with E-state index >= 15 is 0 Å². The molecule has 1 atom stereocenters. The van der Waals surface area contributed by atoms with Crippen LogP contribution in [-0.2, 0) is 4.74 Å². The van der Waals surface area contributed by atoms with Crippen LogP contribution in [0.15, 0.2) is 18.2 Å². The Morgan fingerprint density at radius 1 is 1.29 bits per heavy atom. The first-order valence-electron chi connectivity index (χ1n) is 4.97. The molecule has 1 N–H and O–H groups in total. The lowest BCUT2D eigenvalue weighted by molar-refractivity contribution is 0.190.